The molecular formula is C13H11ClFN3O. The molecule has 4 nitrogen and oxygen atoms in total. The van der Waals surface area contributed by atoms with Gasteiger partial charge in [0.05, 0.1) is 11.4 Å². The van der Waals surface area contributed by atoms with Gasteiger partial charge >= 0.3 is 6.03 Å². The smallest absolute Gasteiger partial charge is 0.323 e. The van der Waals surface area contributed by atoms with Crippen LogP contribution in [0.3, 0.4) is 0 Å². The number of rotatable bonds is 2. The van der Waals surface area contributed by atoms with E-state index in [-0.39, 0.29) is 0 Å². The van der Waals surface area contributed by atoms with Gasteiger partial charge < -0.3 is 16.4 Å². The summed E-state index contributed by atoms with van der Waals surface area (Å²) in [4.78, 5) is 11.7. The molecule has 0 saturated carbocycles. The zero-order valence-electron chi connectivity index (χ0n) is 9.78. The number of benzene rings is 2. The minimum absolute atomic E-state index is 0.345. The molecule has 6 heteroatoms. The number of hydrogen-bond acceptors (Lipinski definition) is 2. The Morgan fingerprint density at radius 1 is 1.16 bits per heavy atom. The van der Waals surface area contributed by atoms with Gasteiger partial charge in [-0.1, -0.05) is 17.7 Å². The van der Waals surface area contributed by atoms with Crippen molar-refractivity contribution in [1.82, 2.24) is 0 Å². The van der Waals surface area contributed by atoms with Gasteiger partial charge in [0.1, 0.15) is 5.82 Å². The third-order valence-corrected chi connectivity index (χ3v) is 2.58. The molecule has 2 rings (SSSR count). The Balaban J connectivity index is 2.07. The summed E-state index contributed by atoms with van der Waals surface area (Å²) in [5.41, 5.74) is 6.82. The quantitative estimate of drug-likeness (QED) is 0.734. The Morgan fingerprint density at radius 2 is 1.95 bits per heavy atom. The van der Waals surface area contributed by atoms with Crippen molar-refractivity contribution in [3.8, 4) is 0 Å². The van der Waals surface area contributed by atoms with Gasteiger partial charge in [-0.15, -0.1) is 0 Å². The van der Waals surface area contributed by atoms with E-state index in [1.807, 2.05) is 0 Å². The van der Waals surface area contributed by atoms with E-state index in [0.717, 1.165) is 0 Å². The van der Waals surface area contributed by atoms with E-state index in [2.05, 4.69) is 10.6 Å². The van der Waals surface area contributed by atoms with Crippen LogP contribution >= 0.6 is 11.6 Å². The number of amides is 2. The average Bonchev–Trinajstić information content (AvgIpc) is 2.34. The van der Waals surface area contributed by atoms with Gasteiger partial charge in [-0.05, 0) is 36.4 Å². The number of nitrogen functional groups attached to an aromatic ring is 1. The van der Waals surface area contributed by atoms with Crippen LogP contribution in [0.2, 0.25) is 5.02 Å². The molecule has 0 aliphatic rings. The van der Waals surface area contributed by atoms with E-state index >= 15 is 0 Å². The summed E-state index contributed by atoms with van der Waals surface area (Å²) in [6.45, 7) is 0. The van der Waals surface area contributed by atoms with E-state index in [4.69, 9.17) is 17.3 Å². The highest BCUT2D eigenvalue weighted by molar-refractivity contribution is 6.31. The maximum Gasteiger partial charge on any atom is 0.323 e. The first-order valence-electron chi connectivity index (χ1n) is 5.43. The predicted octanol–water partition coefficient (Wildman–Crippen LogP) is 3.71. The molecule has 0 atom stereocenters. The summed E-state index contributed by atoms with van der Waals surface area (Å²) in [5.74, 6) is -0.430. The molecule has 0 heterocycles. The lowest BCUT2D eigenvalue weighted by Crippen LogP contribution is -2.20. The van der Waals surface area contributed by atoms with E-state index in [9.17, 15) is 9.18 Å². The van der Waals surface area contributed by atoms with E-state index in [0.29, 0.717) is 22.1 Å². The number of urea groups is 1. The molecule has 0 aromatic heterocycles. The monoisotopic (exact) mass is 279 g/mol. The van der Waals surface area contributed by atoms with Crippen molar-refractivity contribution >= 4 is 34.7 Å². The maximum absolute atomic E-state index is 13.0. The van der Waals surface area contributed by atoms with Gasteiger partial charge in [-0.2, -0.15) is 0 Å². The van der Waals surface area contributed by atoms with E-state index in [1.54, 1.807) is 18.2 Å². The summed E-state index contributed by atoms with van der Waals surface area (Å²) in [6, 6.07) is 9.77. The molecule has 0 bridgehead atoms. The highest BCUT2D eigenvalue weighted by atomic mass is 35.5. The molecule has 0 saturated heterocycles. The Kier molecular flexibility index (Phi) is 3.87. The summed E-state index contributed by atoms with van der Waals surface area (Å²) < 4.78 is 13.0. The molecule has 2 aromatic carbocycles. The first-order chi connectivity index (χ1) is 9.04. The van der Waals surface area contributed by atoms with Crippen LogP contribution < -0.4 is 16.4 Å². The number of halogens is 2. The van der Waals surface area contributed by atoms with Crippen LogP contribution in [-0.4, -0.2) is 6.03 Å². The summed E-state index contributed by atoms with van der Waals surface area (Å²) >= 11 is 5.80. The zero-order chi connectivity index (χ0) is 13.8. The number of nitrogens with one attached hydrogen (secondary N) is 2. The van der Waals surface area contributed by atoms with Crippen molar-refractivity contribution in [2.75, 3.05) is 16.4 Å². The van der Waals surface area contributed by atoms with Crippen molar-refractivity contribution < 1.29 is 9.18 Å². The normalized spacial score (nSPS) is 10.0. The average molecular weight is 280 g/mol. The first kappa shape index (κ1) is 13.2. The van der Waals surface area contributed by atoms with Crippen LogP contribution in [0.5, 0.6) is 0 Å². The zero-order valence-corrected chi connectivity index (χ0v) is 10.5. The highest BCUT2D eigenvalue weighted by Gasteiger charge is 2.06. The second kappa shape index (κ2) is 5.58. The van der Waals surface area contributed by atoms with Gasteiger partial charge in [-0.3, -0.25) is 0 Å². The first-order valence-corrected chi connectivity index (χ1v) is 5.81. The lowest BCUT2D eigenvalue weighted by Gasteiger charge is -2.10. The van der Waals surface area contributed by atoms with Crippen LogP contribution in [0.25, 0.3) is 0 Å². The largest absolute Gasteiger partial charge is 0.397 e. The molecule has 2 aromatic rings. The van der Waals surface area contributed by atoms with Crippen LogP contribution in [0.4, 0.5) is 26.2 Å². The van der Waals surface area contributed by atoms with Gasteiger partial charge in [0.15, 0.2) is 0 Å². The number of anilines is 3. The predicted molar refractivity (Wildman–Crippen MR) is 74.9 cm³/mol. The van der Waals surface area contributed by atoms with Gasteiger partial charge in [0.25, 0.3) is 0 Å². The number of carbonyl (C=O) groups is 1. The molecule has 0 spiro atoms. The minimum atomic E-state index is -0.528. The Hall–Kier alpha value is -2.27. The fourth-order valence-corrected chi connectivity index (χ4v) is 1.66. The number of carbonyl (C=O) groups excluding carboxylic acids is 1. The van der Waals surface area contributed by atoms with E-state index in [1.165, 1.54) is 24.3 Å². The standard InChI is InChI=1S/C13H11ClFN3O/c14-8-4-5-11(16)12(6-8)18-13(19)17-10-3-1-2-9(15)7-10/h1-7H,16H2,(H2,17,18,19). The topological polar surface area (TPSA) is 67.1 Å². The molecule has 0 aliphatic heterocycles. The third-order valence-electron chi connectivity index (χ3n) is 2.35. The van der Waals surface area contributed by atoms with Gasteiger partial charge in [0, 0.05) is 10.7 Å². The van der Waals surface area contributed by atoms with E-state index < -0.39 is 11.8 Å². The van der Waals surface area contributed by atoms with Crippen LogP contribution in [0.1, 0.15) is 0 Å². The summed E-state index contributed by atoms with van der Waals surface area (Å²) in [5, 5.41) is 5.48. The van der Waals surface area contributed by atoms with Crippen molar-refractivity contribution in [1.29, 1.82) is 0 Å². The number of nitrogens with two attached hydrogens (primary N) is 1. The molecule has 4 N–H and O–H groups in total. The van der Waals surface area contributed by atoms with Crippen LogP contribution in [0.15, 0.2) is 42.5 Å². The summed E-state index contributed by atoms with van der Waals surface area (Å²) in [7, 11) is 0. The molecule has 19 heavy (non-hydrogen) atoms. The molecular weight excluding hydrogens is 269 g/mol. The second-order valence-corrected chi connectivity index (χ2v) is 4.26. The maximum atomic E-state index is 13.0. The van der Waals surface area contributed by atoms with Crippen molar-refractivity contribution in [3.05, 3.63) is 53.3 Å². The van der Waals surface area contributed by atoms with Crippen molar-refractivity contribution in [2.45, 2.75) is 0 Å². The molecule has 0 unspecified atom stereocenters. The number of hydrogen-bond donors (Lipinski definition) is 3. The van der Waals surface area contributed by atoms with Crippen molar-refractivity contribution in [3.63, 3.8) is 0 Å². The third kappa shape index (κ3) is 3.59. The SMILES string of the molecule is Nc1ccc(Cl)cc1NC(=O)Nc1cccc(F)c1. The van der Waals surface area contributed by atoms with Crippen molar-refractivity contribution in [2.24, 2.45) is 0 Å². The Labute approximate surface area is 114 Å². The molecule has 2 amide bonds. The minimum Gasteiger partial charge on any atom is -0.397 e. The molecule has 0 aliphatic carbocycles. The van der Waals surface area contributed by atoms with Gasteiger partial charge in [-0.25, -0.2) is 9.18 Å². The lowest BCUT2D eigenvalue weighted by molar-refractivity contribution is 0.262. The molecule has 0 fully saturated rings. The Morgan fingerprint density at radius 3 is 2.68 bits per heavy atom. The Bertz CT molecular complexity index is 619. The molecule has 98 valence electrons. The molecule has 0 radical (unpaired) electrons. The van der Waals surface area contributed by atoms with Crippen LogP contribution in [0, 0.1) is 5.82 Å². The summed E-state index contributed by atoms with van der Waals surface area (Å²) in [6.07, 6.45) is 0. The highest BCUT2D eigenvalue weighted by Crippen LogP contribution is 2.23. The van der Waals surface area contributed by atoms with Gasteiger partial charge in [0.2, 0.25) is 0 Å². The fourth-order valence-electron chi connectivity index (χ4n) is 1.49. The lowest BCUT2D eigenvalue weighted by atomic mass is 10.2. The second-order valence-electron chi connectivity index (χ2n) is 3.82. The fraction of sp³-hybridized carbons (Fsp3) is 0. The van der Waals surface area contributed by atoms with Crippen LogP contribution in [-0.2, 0) is 0 Å².